The minimum Gasteiger partial charge on any atom is -0.382 e. The van der Waals surface area contributed by atoms with Crippen LogP contribution in [0, 0.1) is 0 Å². The summed E-state index contributed by atoms with van der Waals surface area (Å²) in [5.41, 5.74) is 8.35. The molecule has 8 nitrogen and oxygen atoms in total. The Morgan fingerprint density at radius 2 is 1.91 bits per heavy atom. The summed E-state index contributed by atoms with van der Waals surface area (Å²) in [7, 11) is 0. The van der Waals surface area contributed by atoms with Crippen LogP contribution in [0.25, 0.3) is 44.7 Å². The van der Waals surface area contributed by atoms with Gasteiger partial charge >= 0.3 is 0 Å². The third-order valence-corrected chi connectivity index (χ3v) is 6.36. The number of rotatable bonds is 5. The van der Waals surface area contributed by atoms with Gasteiger partial charge in [-0.2, -0.15) is 5.10 Å². The van der Waals surface area contributed by atoms with E-state index in [1.54, 1.807) is 0 Å². The zero-order valence-electron chi connectivity index (χ0n) is 19.5. The van der Waals surface area contributed by atoms with Crippen LogP contribution in [0.4, 0.5) is 11.4 Å². The van der Waals surface area contributed by atoms with Gasteiger partial charge in [0.2, 0.25) is 0 Å². The van der Waals surface area contributed by atoms with Crippen LogP contribution in [0.3, 0.4) is 0 Å². The topological polar surface area (TPSA) is 98.4 Å². The summed E-state index contributed by atoms with van der Waals surface area (Å²) in [4.78, 5) is 19.9. The maximum absolute atomic E-state index is 4.97. The van der Waals surface area contributed by atoms with Gasteiger partial charge in [-0.1, -0.05) is 0 Å². The Kier molecular flexibility index (Phi) is 5.13. The third kappa shape index (κ3) is 3.75. The first-order valence-electron chi connectivity index (χ1n) is 12.0. The summed E-state index contributed by atoms with van der Waals surface area (Å²) in [6.45, 7) is 6.41. The molecule has 0 spiro atoms. The van der Waals surface area contributed by atoms with Gasteiger partial charge in [0.15, 0.2) is 0 Å². The molecule has 0 atom stereocenters. The maximum atomic E-state index is 4.97. The molecule has 8 heteroatoms. The standard InChI is InChI=1S/C26H28N8/c1-16(2)29-18-12-17(14-27-15-18)20-6-7-21-24(30-20)25(33-32-21)22-13-19-23(8-9-28-26(19)31-22)34-10-4-3-5-11-34/h6-9,12-16,29H,3-5,10-11H2,1-2H3,(H,28,31)(H,32,33). The Balaban J connectivity index is 1.41. The fourth-order valence-corrected chi connectivity index (χ4v) is 4.79. The van der Waals surface area contributed by atoms with Crippen molar-refractivity contribution in [2.75, 3.05) is 23.3 Å². The predicted octanol–water partition coefficient (Wildman–Crippen LogP) is 5.37. The molecule has 0 unspecified atom stereocenters. The molecular weight excluding hydrogens is 424 g/mol. The highest BCUT2D eigenvalue weighted by Crippen LogP contribution is 2.33. The van der Waals surface area contributed by atoms with Crippen LogP contribution in [0.15, 0.2) is 48.9 Å². The molecule has 6 heterocycles. The number of aromatic nitrogens is 6. The van der Waals surface area contributed by atoms with E-state index in [9.17, 15) is 0 Å². The Morgan fingerprint density at radius 3 is 2.76 bits per heavy atom. The zero-order valence-corrected chi connectivity index (χ0v) is 19.5. The summed E-state index contributed by atoms with van der Waals surface area (Å²) in [5, 5.41) is 12.3. The quantitative estimate of drug-likeness (QED) is 0.331. The van der Waals surface area contributed by atoms with Crippen molar-refractivity contribution in [1.82, 2.24) is 30.1 Å². The highest BCUT2D eigenvalue weighted by molar-refractivity contribution is 5.97. The van der Waals surface area contributed by atoms with E-state index in [0.717, 1.165) is 63.5 Å². The second-order valence-corrected chi connectivity index (χ2v) is 9.25. The number of fused-ring (bicyclic) bond motifs is 2. The number of nitrogens with one attached hydrogen (secondary N) is 3. The van der Waals surface area contributed by atoms with E-state index in [-0.39, 0.29) is 0 Å². The molecule has 172 valence electrons. The van der Waals surface area contributed by atoms with E-state index in [1.165, 1.54) is 24.9 Å². The molecule has 0 saturated carbocycles. The Bertz CT molecular complexity index is 1460. The van der Waals surface area contributed by atoms with Crippen molar-refractivity contribution < 1.29 is 0 Å². The summed E-state index contributed by atoms with van der Waals surface area (Å²) >= 11 is 0. The predicted molar refractivity (Wildman–Crippen MR) is 137 cm³/mol. The molecule has 1 aliphatic heterocycles. The number of H-pyrrole nitrogens is 2. The first-order valence-corrected chi connectivity index (χ1v) is 12.0. The summed E-state index contributed by atoms with van der Waals surface area (Å²) < 4.78 is 0. The number of anilines is 2. The lowest BCUT2D eigenvalue weighted by molar-refractivity contribution is 0.579. The van der Waals surface area contributed by atoms with E-state index in [1.807, 2.05) is 30.7 Å². The average molecular weight is 453 g/mol. The van der Waals surface area contributed by atoms with Gasteiger partial charge in [-0.3, -0.25) is 10.1 Å². The van der Waals surface area contributed by atoms with E-state index in [0.29, 0.717) is 6.04 Å². The van der Waals surface area contributed by atoms with Gasteiger partial charge in [0.05, 0.1) is 22.6 Å². The molecule has 0 radical (unpaired) electrons. The van der Waals surface area contributed by atoms with Crippen LogP contribution >= 0.6 is 0 Å². The molecule has 1 fully saturated rings. The fraction of sp³-hybridized carbons (Fsp3) is 0.308. The van der Waals surface area contributed by atoms with Crippen molar-refractivity contribution >= 4 is 33.4 Å². The molecule has 0 aromatic carbocycles. The normalized spacial score (nSPS) is 14.4. The first-order chi connectivity index (χ1) is 16.7. The van der Waals surface area contributed by atoms with E-state index < -0.39 is 0 Å². The van der Waals surface area contributed by atoms with Gasteiger partial charge < -0.3 is 15.2 Å². The lowest BCUT2D eigenvalue weighted by Crippen LogP contribution is -2.29. The van der Waals surface area contributed by atoms with Crippen molar-refractivity contribution in [1.29, 1.82) is 0 Å². The number of nitrogens with zero attached hydrogens (tertiary/aromatic N) is 5. The summed E-state index contributed by atoms with van der Waals surface area (Å²) in [6, 6.07) is 10.7. The number of hydrogen-bond acceptors (Lipinski definition) is 6. The Morgan fingerprint density at radius 1 is 1.03 bits per heavy atom. The molecule has 0 bridgehead atoms. The number of pyridine rings is 3. The third-order valence-electron chi connectivity index (χ3n) is 6.36. The van der Waals surface area contributed by atoms with Crippen LogP contribution in [0.5, 0.6) is 0 Å². The molecule has 5 aromatic heterocycles. The van der Waals surface area contributed by atoms with Gasteiger partial charge in [-0.05, 0) is 63.4 Å². The van der Waals surface area contributed by atoms with Crippen LogP contribution < -0.4 is 10.2 Å². The number of aromatic amines is 2. The van der Waals surface area contributed by atoms with Crippen LogP contribution in [0.1, 0.15) is 33.1 Å². The summed E-state index contributed by atoms with van der Waals surface area (Å²) in [5.74, 6) is 0. The Hall–Kier alpha value is -3.94. The first kappa shape index (κ1) is 20.7. The largest absolute Gasteiger partial charge is 0.382 e. The van der Waals surface area contributed by atoms with Gasteiger partial charge in [-0.25, -0.2) is 9.97 Å². The van der Waals surface area contributed by atoms with Crippen molar-refractivity contribution in [2.45, 2.75) is 39.2 Å². The summed E-state index contributed by atoms with van der Waals surface area (Å²) in [6.07, 6.45) is 9.35. The second-order valence-electron chi connectivity index (χ2n) is 9.25. The molecule has 34 heavy (non-hydrogen) atoms. The molecular formula is C26H28N8. The fourth-order valence-electron chi connectivity index (χ4n) is 4.79. The van der Waals surface area contributed by atoms with Gasteiger partial charge in [0.25, 0.3) is 0 Å². The minimum absolute atomic E-state index is 0.332. The highest BCUT2D eigenvalue weighted by atomic mass is 15.1. The number of piperidine rings is 1. The van der Waals surface area contributed by atoms with Gasteiger partial charge in [-0.15, -0.1) is 0 Å². The monoisotopic (exact) mass is 452 g/mol. The van der Waals surface area contributed by atoms with E-state index in [4.69, 9.17) is 4.98 Å². The average Bonchev–Trinajstić information content (AvgIpc) is 3.48. The van der Waals surface area contributed by atoms with Crippen LogP contribution in [0.2, 0.25) is 0 Å². The zero-order chi connectivity index (χ0) is 23.1. The minimum atomic E-state index is 0.332. The van der Waals surface area contributed by atoms with Crippen molar-refractivity contribution in [3.05, 3.63) is 48.9 Å². The molecule has 1 aliphatic rings. The highest BCUT2D eigenvalue weighted by Gasteiger charge is 2.18. The molecule has 0 amide bonds. The van der Waals surface area contributed by atoms with Crippen molar-refractivity contribution in [2.24, 2.45) is 0 Å². The number of hydrogen-bond donors (Lipinski definition) is 3. The van der Waals surface area contributed by atoms with Crippen molar-refractivity contribution in [3.63, 3.8) is 0 Å². The lowest BCUT2D eigenvalue weighted by atomic mass is 10.1. The molecule has 3 N–H and O–H groups in total. The van der Waals surface area contributed by atoms with Crippen LogP contribution in [-0.2, 0) is 0 Å². The Labute approximate surface area is 197 Å². The van der Waals surface area contributed by atoms with Crippen LogP contribution in [-0.4, -0.2) is 49.3 Å². The van der Waals surface area contributed by atoms with Gasteiger partial charge in [0, 0.05) is 54.4 Å². The molecule has 5 aromatic rings. The van der Waals surface area contributed by atoms with Gasteiger partial charge in [0.1, 0.15) is 16.9 Å². The maximum Gasteiger partial charge on any atom is 0.139 e. The molecule has 6 rings (SSSR count). The SMILES string of the molecule is CC(C)Nc1cncc(-c2ccc3[nH]nc(-c4cc5c(N6CCCCC6)ccnc5[nH]4)c3n2)c1. The second kappa shape index (κ2) is 8.44. The van der Waals surface area contributed by atoms with Crippen molar-refractivity contribution in [3.8, 4) is 22.6 Å². The smallest absolute Gasteiger partial charge is 0.139 e. The molecule has 0 aliphatic carbocycles. The van der Waals surface area contributed by atoms with E-state index in [2.05, 4.69) is 67.4 Å². The lowest BCUT2D eigenvalue weighted by Gasteiger charge is -2.29. The molecule has 1 saturated heterocycles. The van der Waals surface area contributed by atoms with E-state index >= 15 is 0 Å².